The molecule has 0 aliphatic carbocycles. The van der Waals surface area contributed by atoms with Gasteiger partial charge in [-0.2, -0.15) is 26.3 Å². The van der Waals surface area contributed by atoms with Crippen LogP contribution in [0.25, 0.3) is 32.7 Å². The molecule has 0 heterocycles. The number of hydrogen-bond donors (Lipinski definition) is 0. The molecule has 12 heteroatoms. The van der Waals surface area contributed by atoms with Gasteiger partial charge in [-0.1, -0.05) is 24.3 Å². The molecule has 0 aromatic heterocycles. The molecule has 0 saturated heterocycles. The van der Waals surface area contributed by atoms with Gasteiger partial charge < -0.3 is 0 Å². The molecule has 4 nitrogen and oxygen atoms in total. The summed E-state index contributed by atoms with van der Waals surface area (Å²) in [5, 5.41) is 0.643. The van der Waals surface area contributed by atoms with Crippen molar-refractivity contribution in [1.29, 1.82) is 0 Å². The van der Waals surface area contributed by atoms with E-state index < -0.39 is 45.6 Å². The number of benzene rings is 4. The van der Waals surface area contributed by atoms with Gasteiger partial charge in [-0.15, -0.1) is 0 Å². The number of rotatable bonds is 5. The fourth-order valence-corrected chi connectivity index (χ4v) is 5.42. The minimum atomic E-state index is -4.63. The van der Waals surface area contributed by atoms with Crippen LogP contribution in [0.5, 0.6) is 0 Å². The number of hydrogen-bond acceptors (Lipinski definition) is 4. The lowest BCUT2D eigenvalue weighted by Gasteiger charge is -2.19. The molecule has 0 fully saturated rings. The second kappa shape index (κ2) is 9.58. The van der Waals surface area contributed by atoms with Crippen molar-refractivity contribution in [3.05, 3.63) is 71.8 Å². The molecular formula is C24H16F6O4S2. The molecule has 0 aliphatic heterocycles. The summed E-state index contributed by atoms with van der Waals surface area (Å²) in [6.07, 6.45) is -9.25. The first-order chi connectivity index (χ1) is 16.9. The van der Waals surface area contributed by atoms with Crippen LogP contribution in [0.3, 0.4) is 0 Å². The van der Waals surface area contributed by atoms with Gasteiger partial charge in [0.05, 0.1) is 35.1 Å². The van der Waals surface area contributed by atoms with E-state index in [1.165, 1.54) is 36.4 Å². The van der Waals surface area contributed by atoms with Gasteiger partial charge in [0.15, 0.2) is 22.2 Å². The summed E-state index contributed by atoms with van der Waals surface area (Å²) in [6.45, 7) is 0. The van der Waals surface area contributed by atoms with Gasteiger partial charge >= 0.3 is 12.4 Å². The molecule has 190 valence electrons. The van der Waals surface area contributed by atoms with E-state index >= 15 is 0 Å². The molecule has 4 aromatic rings. The molecule has 0 radical (unpaired) electrons. The minimum Gasteiger partial charge on any atom is -0.290 e. The molecule has 4 aromatic carbocycles. The van der Waals surface area contributed by atoms with Gasteiger partial charge in [0.25, 0.3) is 0 Å². The summed E-state index contributed by atoms with van der Waals surface area (Å²) >= 11 is -4.22. The van der Waals surface area contributed by atoms with Gasteiger partial charge in [0, 0.05) is 11.1 Å². The van der Waals surface area contributed by atoms with Crippen molar-refractivity contribution < 1.29 is 43.1 Å². The summed E-state index contributed by atoms with van der Waals surface area (Å²) in [5.74, 6) is 0. The third-order valence-electron chi connectivity index (χ3n) is 5.53. The first-order valence-electron chi connectivity index (χ1n) is 10.1. The average Bonchev–Trinajstić information content (AvgIpc) is 2.84. The number of alkyl halides is 6. The van der Waals surface area contributed by atoms with Crippen LogP contribution in [0.2, 0.25) is 0 Å². The zero-order valence-corrected chi connectivity index (χ0v) is 20.1. The van der Waals surface area contributed by atoms with E-state index in [9.17, 15) is 34.8 Å². The third kappa shape index (κ3) is 4.77. The molecule has 4 rings (SSSR count). The highest BCUT2D eigenvalue weighted by Crippen LogP contribution is 2.44. The fraction of sp³-hybridized carbons (Fsp3) is 0.167. The molecular weight excluding hydrogens is 530 g/mol. The zero-order chi connectivity index (χ0) is 26.4. The normalized spacial score (nSPS) is 14.3. The van der Waals surface area contributed by atoms with Crippen LogP contribution < -0.4 is 0 Å². The SMILES string of the molecule is COS(=O)c1ccc2cc(C(F)(F)F)ccc2c1-c1c(S(=O)OC)ccc2cc(C(F)(F)F)ccc12. The Kier molecular flexibility index (Phi) is 6.99. The Labute approximate surface area is 206 Å². The maximum atomic E-state index is 13.3. The fourth-order valence-electron chi connectivity index (χ4n) is 3.95. The molecule has 0 N–H and O–H groups in total. The number of halogens is 6. The average molecular weight is 547 g/mol. The largest absolute Gasteiger partial charge is 0.416 e. The van der Waals surface area contributed by atoms with Crippen molar-refractivity contribution in [3.8, 4) is 11.1 Å². The molecule has 0 bridgehead atoms. The van der Waals surface area contributed by atoms with Gasteiger partial charge in [0.1, 0.15) is 0 Å². The summed E-state index contributed by atoms with van der Waals surface area (Å²) < 4.78 is 116. The van der Waals surface area contributed by atoms with Gasteiger partial charge in [-0.05, 0) is 57.9 Å². The summed E-state index contributed by atoms with van der Waals surface area (Å²) in [4.78, 5) is 0.0676. The standard InChI is InChI=1S/C24H16F6O4S2/c1-33-35(31)19-9-3-13-11-15(23(25,26)27)5-7-17(13)21(19)22-18-8-6-16(24(28,29)30)12-14(18)4-10-20(22)36(32)34-2/h3-12H,1-2H3. The van der Waals surface area contributed by atoms with Gasteiger partial charge in [-0.3, -0.25) is 8.37 Å². The predicted molar refractivity (Wildman–Crippen MR) is 124 cm³/mol. The Morgan fingerprint density at radius 1 is 0.583 bits per heavy atom. The van der Waals surface area contributed by atoms with E-state index in [1.807, 2.05) is 0 Å². The number of fused-ring (bicyclic) bond motifs is 2. The zero-order valence-electron chi connectivity index (χ0n) is 18.5. The Hall–Kier alpha value is -2.80. The molecule has 2 atom stereocenters. The van der Waals surface area contributed by atoms with Gasteiger partial charge in [0.2, 0.25) is 0 Å². The van der Waals surface area contributed by atoms with Crippen LogP contribution in [0, 0.1) is 0 Å². The van der Waals surface area contributed by atoms with Gasteiger partial charge in [-0.25, -0.2) is 8.42 Å². The Balaban J connectivity index is 2.18. The lowest BCUT2D eigenvalue weighted by atomic mass is 9.92. The highest BCUT2D eigenvalue weighted by Gasteiger charge is 2.32. The third-order valence-corrected chi connectivity index (χ3v) is 7.53. The van der Waals surface area contributed by atoms with E-state index in [0.29, 0.717) is 0 Å². The minimum absolute atomic E-state index is 0.0338. The Morgan fingerprint density at radius 3 is 1.25 bits per heavy atom. The Bertz CT molecular complexity index is 1410. The molecule has 0 spiro atoms. The molecule has 2 unspecified atom stereocenters. The Morgan fingerprint density at radius 2 is 0.944 bits per heavy atom. The molecule has 0 aliphatic rings. The van der Waals surface area contributed by atoms with E-state index in [1.54, 1.807) is 0 Å². The monoisotopic (exact) mass is 546 g/mol. The molecule has 0 saturated carbocycles. The first kappa shape index (κ1) is 26.3. The van der Waals surface area contributed by atoms with E-state index in [0.717, 1.165) is 38.5 Å². The highest BCUT2D eigenvalue weighted by atomic mass is 32.2. The lowest BCUT2D eigenvalue weighted by Crippen LogP contribution is -2.06. The van der Waals surface area contributed by atoms with Crippen molar-refractivity contribution in [2.75, 3.05) is 14.2 Å². The summed E-state index contributed by atoms with van der Waals surface area (Å²) in [5.41, 5.74) is -1.63. The van der Waals surface area contributed by atoms with Crippen LogP contribution in [0.4, 0.5) is 26.3 Å². The van der Waals surface area contributed by atoms with Crippen LogP contribution in [-0.2, 0) is 42.9 Å². The van der Waals surface area contributed by atoms with E-state index in [4.69, 9.17) is 8.37 Å². The van der Waals surface area contributed by atoms with Crippen molar-refractivity contribution in [2.45, 2.75) is 22.1 Å². The van der Waals surface area contributed by atoms with Crippen LogP contribution in [0.1, 0.15) is 11.1 Å². The van der Waals surface area contributed by atoms with Crippen molar-refractivity contribution >= 4 is 43.7 Å². The summed E-state index contributed by atoms with van der Waals surface area (Å²) in [7, 11) is 2.31. The van der Waals surface area contributed by atoms with Crippen molar-refractivity contribution in [3.63, 3.8) is 0 Å². The maximum Gasteiger partial charge on any atom is 0.416 e. The van der Waals surface area contributed by atoms with E-state index in [-0.39, 0.29) is 42.5 Å². The maximum absolute atomic E-state index is 13.3. The summed E-state index contributed by atoms with van der Waals surface area (Å²) in [6, 6.07) is 11.1. The van der Waals surface area contributed by atoms with E-state index in [2.05, 4.69) is 0 Å². The first-order valence-corrected chi connectivity index (χ1v) is 12.2. The quantitative estimate of drug-likeness (QED) is 0.252. The van der Waals surface area contributed by atoms with Crippen LogP contribution in [-0.4, -0.2) is 22.6 Å². The second-order valence-corrected chi connectivity index (χ2v) is 10.0. The van der Waals surface area contributed by atoms with Crippen molar-refractivity contribution in [2.24, 2.45) is 0 Å². The lowest BCUT2D eigenvalue weighted by molar-refractivity contribution is -0.138. The molecule has 0 amide bonds. The smallest absolute Gasteiger partial charge is 0.290 e. The predicted octanol–water partition coefficient (Wildman–Crippen LogP) is 7.04. The highest BCUT2D eigenvalue weighted by molar-refractivity contribution is 7.80. The van der Waals surface area contributed by atoms with Crippen molar-refractivity contribution in [1.82, 2.24) is 0 Å². The topological polar surface area (TPSA) is 52.6 Å². The van der Waals surface area contributed by atoms with Crippen LogP contribution >= 0.6 is 0 Å². The van der Waals surface area contributed by atoms with Crippen LogP contribution in [0.15, 0.2) is 70.5 Å². The molecule has 36 heavy (non-hydrogen) atoms. The second-order valence-electron chi connectivity index (χ2n) is 7.55.